The van der Waals surface area contributed by atoms with Crippen molar-refractivity contribution in [3.63, 3.8) is 0 Å². The van der Waals surface area contributed by atoms with E-state index in [-0.39, 0.29) is 16.7 Å². The number of carbonyl (C=O) groups is 1. The lowest BCUT2D eigenvalue weighted by Gasteiger charge is -2.32. The summed E-state index contributed by atoms with van der Waals surface area (Å²) in [6, 6.07) is 11.6. The van der Waals surface area contributed by atoms with Gasteiger partial charge in [-0.15, -0.1) is 0 Å². The Morgan fingerprint density at radius 2 is 2.00 bits per heavy atom. The molecule has 28 heavy (non-hydrogen) atoms. The Balaban J connectivity index is 1.60. The number of hydrogen-bond donors (Lipinski definition) is 1. The highest BCUT2D eigenvalue weighted by molar-refractivity contribution is 7.89. The van der Waals surface area contributed by atoms with Gasteiger partial charge in [0.25, 0.3) is 5.91 Å². The van der Waals surface area contributed by atoms with Gasteiger partial charge in [-0.1, -0.05) is 6.07 Å². The summed E-state index contributed by atoms with van der Waals surface area (Å²) in [5.74, 6) is 0.562. The van der Waals surface area contributed by atoms with E-state index >= 15 is 0 Å². The summed E-state index contributed by atoms with van der Waals surface area (Å²) < 4.78 is 32.7. The molecule has 1 saturated heterocycles. The Hall–Kier alpha value is -2.45. The maximum Gasteiger partial charge on any atom is 0.272 e. The van der Waals surface area contributed by atoms with Crippen molar-refractivity contribution in [3.8, 4) is 5.75 Å². The SMILES string of the molecule is COc1ccc(S(=O)(=O)NCC2CCCN(C(=O)c3cccc(C)n3)C2)cc1. The fourth-order valence-electron chi connectivity index (χ4n) is 3.31. The van der Waals surface area contributed by atoms with Crippen molar-refractivity contribution in [2.24, 2.45) is 5.92 Å². The highest BCUT2D eigenvalue weighted by atomic mass is 32.2. The molecule has 2 aromatic rings. The Morgan fingerprint density at radius 3 is 2.68 bits per heavy atom. The molecule has 0 bridgehead atoms. The van der Waals surface area contributed by atoms with Crippen LogP contribution in [0, 0.1) is 12.8 Å². The summed E-state index contributed by atoms with van der Waals surface area (Å²) in [5, 5.41) is 0. The van der Waals surface area contributed by atoms with Gasteiger partial charge in [0, 0.05) is 25.3 Å². The van der Waals surface area contributed by atoms with Crippen molar-refractivity contribution in [2.75, 3.05) is 26.7 Å². The highest BCUT2D eigenvalue weighted by Gasteiger charge is 2.26. The van der Waals surface area contributed by atoms with Gasteiger partial charge in [0.1, 0.15) is 11.4 Å². The first kappa shape index (κ1) is 20.3. The van der Waals surface area contributed by atoms with Crippen LogP contribution in [-0.2, 0) is 10.0 Å². The first-order valence-corrected chi connectivity index (χ1v) is 10.7. The number of rotatable bonds is 6. The van der Waals surface area contributed by atoms with Gasteiger partial charge in [0.15, 0.2) is 0 Å². The number of methoxy groups -OCH3 is 1. The summed E-state index contributed by atoms with van der Waals surface area (Å²) in [6.07, 6.45) is 1.71. The van der Waals surface area contributed by atoms with Crippen LogP contribution >= 0.6 is 0 Å². The molecule has 8 heteroatoms. The van der Waals surface area contributed by atoms with E-state index in [0.29, 0.717) is 31.1 Å². The normalized spacial score (nSPS) is 17.4. The fraction of sp³-hybridized carbons (Fsp3) is 0.400. The number of ether oxygens (including phenoxy) is 1. The number of aromatic nitrogens is 1. The van der Waals surface area contributed by atoms with Gasteiger partial charge in [-0.05, 0) is 62.1 Å². The van der Waals surface area contributed by atoms with E-state index in [0.717, 1.165) is 18.5 Å². The minimum absolute atomic E-state index is 0.0653. The van der Waals surface area contributed by atoms with E-state index in [1.807, 2.05) is 19.1 Å². The third kappa shape index (κ3) is 4.88. The van der Waals surface area contributed by atoms with Gasteiger partial charge < -0.3 is 9.64 Å². The number of hydrogen-bond acceptors (Lipinski definition) is 5. The molecule has 0 spiro atoms. The van der Waals surface area contributed by atoms with Crippen LogP contribution in [0.5, 0.6) is 5.75 Å². The van der Waals surface area contributed by atoms with Crippen molar-refractivity contribution < 1.29 is 17.9 Å². The maximum absolute atomic E-state index is 12.7. The van der Waals surface area contributed by atoms with Gasteiger partial charge in [-0.3, -0.25) is 4.79 Å². The Morgan fingerprint density at radius 1 is 1.25 bits per heavy atom. The molecule has 0 saturated carbocycles. The molecule has 1 N–H and O–H groups in total. The largest absolute Gasteiger partial charge is 0.497 e. The number of aryl methyl sites for hydroxylation is 1. The van der Waals surface area contributed by atoms with Crippen molar-refractivity contribution in [2.45, 2.75) is 24.7 Å². The van der Waals surface area contributed by atoms with E-state index in [2.05, 4.69) is 9.71 Å². The Kier molecular flexibility index (Phi) is 6.31. The van der Waals surface area contributed by atoms with Crippen molar-refractivity contribution in [1.29, 1.82) is 0 Å². The molecule has 1 fully saturated rings. The summed E-state index contributed by atoms with van der Waals surface area (Å²) in [6.45, 7) is 3.32. The molecule has 1 amide bonds. The molecule has 1 aromatic heterocycles. The van der Waals surface area contributed by atoms with Gasteiger partial charge in [0.2, 0.25) is 10.0 Å². The highest BCUT2D eigenvalue weighted by Crippen LogP contribution is 2.20. The van der Waals surface area contributed by atoms with E-state index in [1.54, 1.807) is 23.1 Å². The second-order valence-electron chi connectivity index (χ2n) is 6.95. The average molecular weight is 404 g/mol. The fourth-order valence-corrected chi connectivity index (χ4v) is 4.42. The summed E-state index contributed by atoms with van der Waals surface area (Å²) in [7, 11) is -2.07. The third-order valence-electron chi connectivity index (χ3n) is 4.85. The third-order valence-corrected chi connectivity index (χ3v) is 6.28. The molecule has 0 radical (unpaired) electrons. The molecule has 1 atom stereocenters. The molecule has 0 aliphatic carbocycles. The van der Waals surface area contributed by atoms with Crippen molar-refractivity contribution in [1.82, 2.24) is 14.6 Å². The monoisotopic (exact) mass is 403 g/mol. The molecule has 7 nitrogen and oxygen atoms in total. The first-order valence-electron chi connectivity index (χ1n) is 9.26. The summed E-state index contributed by atoms with van der Waals surface area (Å²) in [5.41, 5.74) is 1.23. The lowest BCUT2D eigenvalue weighted by Crippen LogP contribution is -2.44. The quantitative estimate of drug-likeness (QED) is 0.799. The zero-order chi connectivity index (χ0) is 20.1. The second-order valence-corrected chi connectivity index (χ2v) is 8.72. The van der Waals surface area contributed by atoms with Crippen molar-refractivity contribution in [3.05, 3.63) is 53.9 Å². The molecule has 150 valence electrons. The molecule has 1 aliphatic rings. The summed E-state index contributed by atoms with van der Waals surface area (Å²) in [4.78, 5) is 18.9. The van der Waals surface area contributed by atoms with Gasteiger partial charge in [-0.25, -0.2) is 18.1 Å². The summed E-state index contributed by atoms with van der Waals surface area (Å²) >= 11 is 0. The standard InChI is InChI=1S/C20H25N3O4S/c1-15-5-3-7-19(22-15)20(24)23-12-4-6-16(14-23)13-21-28(25,26)18-10-8-17(27-2)9-11-18/h3,5,7-11,16,21H,4,6,12-14H2,1-2H3. The Labute approximate surface area is 165 Å². The molecule has 1 aliphatic heterocycles. The zero-order valence-corrected chi connectivity index (χ0v) is 16.9. The van der Waals surface area contributed by atoms with Crippen LogP contribution in [0.3, 0.4) is 0 Å². The minimum atomic E-state index is -3.60. The number of amides is 1. The van der Waals surface area contributed by atoms with Crippen molar-refractivity contribution >= 4 is 15.9 Å². The predicted molar refractivity (Wildman–Crippen MR) is 106 cm³/mol. The first-order chi connectivity index (χ1) is 13.4. The van der Waals surface area contributed by atoms with Crippen LogP contribution in [0.2, 0.25) is 0 Å². The number of nitrogens with zero attached hydrogens (tertiary/aromatic N) is 2. The van der Waals surface area contributed by atoms with Crippen LogP contribution in [0.1, 0.15) is 29.0 Å². The molecule has 1 aromatic carbocycles. The van der Waals surface area contributed by atoms with E-state index in [1.165, 1.54) is 19.2 Å². The van der Waals surface area contributed by atoms with Gasteiger partial charge >= 0.3 is 0 Å². The van der Waals surface area contributed by atoms with Crippen LogP contribution in [0.4, 0.5) is 0 Å². The van der Waals surface area contributed by atoms with Gasteiger partial charge in [0.05, 0.1) is 12.0 Å². The van der Waals surface area contributed by atoms with E-state index in [4.69, 9.17) is 4.74 Å². The van der Waals surface area contributed by atoms with Gasteiger partial charge in [-0.2, -0.15) is 0 Å². The van der Waals surface area contributed by atoms with E-state index < -0.39 is 10.0 Å². The van der Waals surface area contributed by atoms with E-state index in [9.17, 15) is 13.2 Å². The lowest BCUT2D eigenvalue weighted by atomic mass is 9.98. The molecular formula is C20H25N3O4S. The van der Waals surface area contributed by atoms with Crippen LogP contribution in [-0.4, -0.2) is 51.0 Å². The molecule has 3 rings (SSSR count). The molecular weight excluding hydrogens is 378 g/mol. The maximum atomic E-state index is 12.7. The smallest absolute Gasteiger partial charge is 0.272 e. The molecule has 2 heterocycles. The number of carbonyl (C=O) groups excluding carboxylic acids is 1. The number of sulfonamides is 1. The van der Waals surface area contributed by atoms with Crippen LogP contribution in [0.15, 0.2) is 47.4 Å². The van der Waals surface area contributed by atoms with Crippen LogP contribution < -0.4 is 9.46 Å². The molecule has 1 unspecified atom stereocenters. The second kappa shape index (κ2) is 8.70. The Bertz CT molecular complexity index is 929. The number of benzene rings is 1. The number of nitrogens with one attached hydrogen (secondary N) is 1. The lowest BCUT2D eigenvalue weighted by molar-refractivity contribution is 0.0670. The number of likely N-dealkylation sites (tertiary alicyclic amines) is 1. The van der Waals surface area contributed by atoms with Crippen LogP contribution in [0.25, 0.3) is 0 Å². The number of piperidine rings is 1. The minimum Gasteiger partial charge on any atom is -0.497 e. The zero-order valence-electron chi connectivity index (χ0n) is 16.1. The topological polar surface area (TPSA) is 88.6 Å². The number of pyridine rings is 1. The average Bonchev–Trinajstić information content (AvgIpc) is 2.72. The predicted octanol–water partition coefficient (Wildman–Crippen LogP) is 2.23.